The molecular formula is C49H31N3. The van der Waals surface area contributed by atoms with Crippen molar-refractivity contribution in [1.29, 1.82) is 0 Å². The van der Waals surface area contributed by atoms with Crippen LogP contribution in [0.25, 0.3) is 99.5 Å². The van der Waals surface area contributed by atoms with Gasteiger partial charge in [0.2, 0.25) is 0 Å². The quantitative estimate of drug-likeness (QED) is 0.172. The minimum absolute atomic E-state index is 0.697. The first-order chi connectivity index (χ1) is 25.8. The molecule has 0 unspecified atom stereocenters. The average molecular weight is 662 g/mol. The van der Waals surface area contributed by atoms with Crippen LogP contribution in [0.15, 0.2) is 188 Å². The van der Waals surface area contributed by atoms with Crippen LogP contribution in [-0.4, -0.2) is 15.0 Å². The van der Waals surface area contributed by atoms with Gasteiger partial charge in [0.05, 0.1) is 22.6 Å². The summed E-state index contributed by atoms with van der Waals surface area (Å²) in [6.45, 7) is 0. The first-order valence-corrected chi connectivity index (χ1v) is 17.6. The van der Waals surface area contributed by atoms with Crippen molar-refractivity contribution in [1.82, 2.24) is 15.0 Å². The Bertz CT molecular complexity index is 2860. The summed E-state index contributed by atoms with van der Waals surface area (Å²) < 4.78 is 0. The first-order valence-electron chi connectivity index (χ1n) is 17.6. The van der Waals surface area contributed by atoms with Crippen LogP contribution in [0.2, 0.25) is 0 Å². The third kappa shape index (κ3) is 5.10. The Morgan fingerprint density at radius 2 is 0.808 bits per heavy atom. The second-order valence-electron chi connectivity index (χ2n) is 13.2. The lowest BCUT2D eigenvalue weighted by molar-refractivity contribution is 1.19. The fourth-order valence-corrected chi connectivity index (χ4v) is 7.54. The van der Waals surface area contributed by atoms with Crippen molar-refractivity contribution < 1.29 is 0 Å². The molecule has 0 saturated carbocycles. The van der Waals surface area contributed by atoms with Crippen molar-refractivity contribution in [2.45, 2.75) is 0 Å². The van der Waals surface area contributed by atoms with E-state index in [0.717, 1.165) is 66.8 Å². The van der Waals surface area contributed by atoms with Gasteiger partial charge in [0.1, 0.15) is 0 Å². The van der Waals surface area contributed by atoms with Crippen LogP contribution in [0, 0.1) is 0 Å². The fourth-order valence-electron chi connectivity index (χ4n) is 7.54. The lowest BCUT2D eigenvalue weighted by Crippen LogP contribution is -2.01. The van der Waals surface area contributed by atoms with E-state index in [4.69, 9.17) is 15.0 Å². The van der Waals surface area contributed by atoms with Gasteiger partial charge in [-0.05, 0) is 39.2 Å². The number of nitrogens with zero attached hydrogens (tertiary/aromatic N) is 3. The van der Waals surface area contributed by atoms with E-state index < -0.39 is 0 Å². The minimum Gasteiger partial charge on any atom is -0.247 e. The van der Waals surface area contributed by atoms with E-state index in [1.807, 2.05) is 12.1 Å². The second kappa shape index (κ2) is 12.4. The fraction of sp³-hybridized carbons (Fsp3) is 0. The molecule has 0 saturated heterocycles. The number of para-hydroxylation sites is 1. The predicted octanol–water partition coefficient (Wildman–Crippen LogP) is 12.8. The Balaban J connectivity index is 1.19. The van der Waals surface area contributed by atoms with Crippen LogP contribution in [0.5, 0.6) is 0 Å². The summed E-state index contributed by atoms with van der Waals surface area (Å²) in [4.78, 5) is 15.9. The van der Waals surface area contributed by atoms with Crippen molar-refractivity contribution in [2.24, 2.45) is 0 Å². The molecule has 52 heavy (non-hydrogen) atoms. The minimum atomic E-state index is 0.697. The number of pyridine rings is 1. The molecule has 3 nitrogen and oxygen atoms in total. The second-order valence-corrected chi connectivity index (χ2v) is 13.2. The van der Waals surface area contributed by atoms with E-state index in [2.05, 4.69) is 176 Å². The summed E-state index contributed by atoms with van der Waals surface area (Å²) in [6.07, 6.45) is 0. The van der Waals surface area contributed by atoms with E-state index in [0.29, 0.717) is 5.82 Å². The highest BCUT2D eigenvalue weighted by Crippen LogP contribution is 2.42. The molecular weight excluding hydrogens is 631 g/mol. The molecule has 3 heteroatoms. The Morgan fingerprint density at radius 1 is 0.288 bits per heavy atom. The molecule has 0 amide bonds. The zero-order valence-corrected chi connectivity index (χ0v) is 28.2. The highest BCUT2D eigenvalue weighted by Gasteiger charge is 2.21. The van der Waals surface area contributed by atoms with Gasteiger partial charge in [0.25, 0.3) is 0 Å². The van der Waals surface area contributed by atoms with Gasteiger partial charge in [-0.2, -0.15) is 0 Å². The summed E-state index contributed by atoms with van der Waals surface area (Å²) >= 11 is 0. The molecule has 8 aromatic carbocycles. The van der Waals surface area contributed by atoms with Gasteiger partial charge in [0.15, 0.2) is 5.82 Å². The first kappa shape index (κ1) is 29.9. The molecule has 242 valence electrons. The molecule has 0 N–H and O–H groups in total. The molecule has 0 fully saturated rings. The Labute approximate surface area is 301 Å². The zero-order chi connectivity index (χ0) is 34.4. The number of fused-ring (bicyclic) bond motifs is 6. The maximum Gasteiger partial charge on any atom is 0.160 e. The van der Waals surface area contributed by atoms with Gasteiger partial charge in [0, 0.05) is 44.0 Å². The smallest absolute Gasteiger partial charge is 0.160 e. The maximum atomic E-state index is 5.34. The summed E-state index contributed by atoms with van der Waals surface area (Å²) in [6, 6.07) is 66.1. The van der Waals surface area contributed by atoms with Gasteiger partial charge in [-0.15, -0.1) is 0 Å². The SMILES string of the molecule is c1ccc(-c2nc(-c3ccc4ccccc4c3)nc(-c3ccccc3)c2-c2ccc(-c3nc4ccccc4c4c3ccc3ccccc34)cc2)cc1. The molecule has 0 aliphatic rings. The standard InChI is InChI=1S/C49H31N3/c1-3-15-35(16-4-1)47-44(48(36-17-5-2-6-18-36)52-49(51-47)39-28-23-32-13-7-8-19-38(32)31-39)34-24-26-37(27-25-34)46-42-30-29-33-14-9-10-20-40(33)45(42)41-21-11-12-22-43(41)50-46/h1-31H. The van der Waals surface area contributed by atoms with Crippen LogP contribution in [0.4, 0.5) is 0 Å². The highest BCUT2D eigenvalue weighted by molar-refractivity contribution is 6.22. The normalized spacial score (nSPS) is 11.5. The van der Waals surface area contributed by atoms with Crippen LogP contribution in [0.3, 0.4) is 0 Å². The van der Waals surface area contributed by atoms with Gasteiger partial charge in [-0.3, -0.25) is 0 Å². The maximum absolute atomic E-state index is 5.34. The van der Waals surface area contributed by atoms with Gasteiger partial charge in [-0.1, -0.05) is 176 Å². The zero-order valence-electron chi connectivity index (χ0n) is 28.2. The summed E-state index contributed by atoms with van der Waals surface area (Å²) in [7, 11) is 0. The molecule has 10 aromatic rings. The van der Waals surface area contributed by atoms with E-state index in [-0.39, 0.29) is 0 Å². The van der Waals surface area contributed by atoms with Crippen molar-refractivity contribution in [3.63, 3.8) is 0 Å². The summed E-state index contributed by atoms with van der Waals surface area (Å²) in [5.74, 6) is 0.697. The van der Waals surface area contributed by atoms with Gasteiger partial charge in [-0.25, -0.2) is 15.0 Å². The lowest BCUT2D eigenvalue weighted by Gasteiger charge is -2.18. The average Bonchev–Trinajstić information content (AvgIpc) is 3.23. The number of aromatic nitrogens is 3. The Hall–Kier alpha value is -6.97. The summed E-state index contributed by atoms with van der Waals surface area (Å²) in [5, 5.41) is 8.35. The van der Waals surface area contributed by atoms with Crippen molar-refractivity contribution in [2.75, 3.05) is 0 Å². The molecule has 2 heterocycles. The molecule has 0 radical (unpaired) electrons. The van der Waals surface area contributed by atoms with Crippen LogP contribution in [-0.2, 0) is 0 Å². The van der Waals surface area contributed by atoms with E-state index in [9.17, 15) is 0 Å². The van der Waals surface area contributed by atoms with Crippen molar-refractivity contribution in [3.8, 4) is 56.3 Å². The molecule has 0 aliphatic carbocycles. The highest BCUT2D eigenvalue weighted by atomic mass is 14.9. The third-order valence-corrected chi connectivity index (χ3v) is 10.0. The monoisotopic (exact) mass is 661 g/mol. The molecule has 0 bridgehead atoms. The Morgan fingerprint density at radius 3 is 1.52 bits per heavy atom. The number of rotatable bonds is 5. The van der Waals surface area contributed by atoms with Crippen molar-refractivity contribution in [3.05, 3.63) is 188 Å². The van der Waals surface area contributed by atoms with E-state index in [1.165, 1.54) is 26.9 Å². The van der Waals surface area contributed by atoms with E-state index >= 15 is 0 Å². The number of hydrogen-bond acceptors (Lipinski definition) is 3. The van der Waals surface area contributed by atoms with Gasteiger partial charge < -0.3 is 0 Å². The molecule has 0 spiro atoms. The third-order valence-electron chi connectivity index (χ3n) is 10.0. The lowest BCUT2D eigenvalue weighted by atomic mass is 9.92. The van der Waals surface area contributed by atoms with E-state index in [1.54, 1.807) is 0 Å². The Kier molecular flexibility index (Phi) is 7.14. The van der Waals surface area contributed by atoms with Crippen LogP contribution in [0.1, 0.15) is 0 Å². The molecule has 10 rings (SSSR count). The molecule has 2 aromatic heterocycles. The molecule has 0 aliphatic heterocycles. The summed E-state index contributed by atoms with van der Waals surface area (Å²) in [5.41, 5.74) is 9.91. The predicted molar refractivity (Wildman–Crippen MR) is 217 cm³/mol. The van der Waals surface area contributed by atoms with Gasteiger partial charge >= 0.3 is 0 Å². The van der Waals surface area contributed by atoms with Crippen LogP contribution < -0.4 is 0 Å². The molecule has 0 atom stereocenters. The van der Waals surface area contributed by atoms with Crippen molar-refractivity contribution >= 4 is 43.2 Å². The largest absolute Gasteiger partial charge is 0.247 e. The topological polar surface area (TPSA) is 38.7 Å². The number of benzene rings is 8. The van der Waals surface area contributed by atoms with Crippen LogP contribution >= 0.6 is 0 Å². The number of hydrogen-bond donors (Lipinski definition) is 0.